The molecule has 0 unspecified atom stereocenters. The Morgan fingerprint density at radius 2 is 1.95 bits per heavy atom. The molecule has 1 aliphatic carbocycles. The molecule has 0 amide bonds. The molecule has 0 fully saturated rings. The van der Waals surface area contributed by atoms with Gasteiger partial charge >= 0.3 is 5.97 Å². The molecule has 0 saturated carbocycles. The number of carbonyl (C=O) groups is 1. The van der Waals surface area contributed by atoms with E-state index in [9.17, 15) is 9.90 Å². The van der Waals surface area contributed by atoms with E-state index in [4.69, 9.17) is 0 Å². The number of benzene rings is 1. The van der Waals surface area contributed by atoms with Gasteiger partial charge in [0.1, 0.15) is 0 Å². The summed E-state index contributed by atoms with van der Waals surface area (Å²) in [7, 11) is 0. The van der Waals surface area contributed by atoms with E-state index >= 15 is 0 Å². The highest BCUT2D eigenvalue weighted by Crippen LogP contribution is 2.28. The van der Waals surface area contributed by atoms with Gasteiger partial charge in [0.05, 0.1) is 11.3 Å². The molecule has 0 aliphatic heterocycles. The summed E-state index contributed by atoms with van der Waals surface area (Å²) in [6.45, 7) is 0. The van der Waals surface area contributed by atoms with E-state index in [0.717, 1.165) is 24.1 Å². The fourth-order valence-electron chi connectivity index (χ4n) is 2.60. The summed E-state index contributed by atoms with van der Waals surface area (Å²) >= 11 is 0. The van der Waals surface area contributed by atoms with Crippen LogP contribution >= 0.6 is 0 Å². The minimum absolute atomic E-state index is 0.376. The van der Waals surface area contributed by atoms with E-state index < -0.39 is 5.97 Å². The number of hydrogen-bond donors (Lipinski definition) is 1. The number of carboxylic acids is 1. The van der Waals surface area contributed by atoms with Crippen LogP contribution in [0, 0.1) is 0 Å². The molecule has 0 spiro atoms. The zero-order valence-corrected chi connectivity index (χ0v) is 11.0. The van der Waals surface area contributed by atoms with Crippen LogP contribution in [0.4, 0.5) is 0 Å². The lowest BCUT2D eigenvalue weighted by Gasteiger charge is -2.04. The van der Waals surface area contributed by atoms with Gasteiger partial charge in [-0.25, -0.2) is 4.79 Å². The van der Waals surface area contributed by atoms with Crippen molar-refractivity contribution in [2.75, 3.05) is 0 Å². The van der Waals surface area contributed by atoms with Crippen molar-refractivity contribution in [3.63, 3.8) is 0 Å². The fraction of sp³-hybridized carbons (Fsp3) is 0.176. The first-order valence-electron chi connectivity index (χ1n) is 6.68. The average Bonchev–Trinajstić information content (AvgIpc) is 2.88. The number of aromatic carboxylic acids is 1. The largest absolute Gasteiger partial charge is 0.478 e. The van der Waals surface area contributed by atoms with Crippen LogP contribution in [0.1, 0.15) is 33.6 Å². The summed E-state index contributed by atoms with van der Waals surface area (Å²) in [6, 6.07) is 11.9. The normalized spacial score (nSPS) is 12.9. The van der Waals surface area contributed by atoms with Crippen LogP contribution < -0.4 is 0 Å². The molecule has 1 heterocycles. The van der Waals surface area contributed by atoms with E-state index in [0.29, 0.717) is 12.0 Å². The smallest absolute Gasteiger partial charge is 0.336 e. The van der Waals surface area contributed by atoms with Gasteiger partial charge in [-0.3, -0.25) is 4.98 Å². The number of fused-ring (bicyclic) bond motifs is 1. The average molecular weight is 265 g/mol. The Labute approximate surface area is 117 Å². The van der Waals surface area contributed by atoms with Crippen LogP contribution in [-0.2, 0) is 12.8 Å². The van der Waals surface area contributed by atoms with Crippen molar-refractivity contribution in [1.82, 2.24) is 4.98 Å². The van der Waals surface area contributed by atoms with E-state index in [1.807, 2.05) is 24.3 Å². The zero-order valence-electron chi connectivity index (χ0n) is 11.0. The fourth-order valence-corrected chi connectivity index (χ4v) is 2.60. The van der Waals surface area contributed by atoms with E-state index in [1.54, 1.807) is 12.3 Å². The lowest BCUT2D eigenvalue weighted by molar-refractivity contribution is 0.0695. The molecule has 3 nitrogen and oxygen atoms in total. The molecule has 100 valence electrons. The Kier molecular flexibility index (Phi) is 3.33. The molecular formula is C17H15NO2. The number of hydrogen-bond acceptors (Lipinski definition) is 2. The Morgan fingerprint density at radius 3 is 2.70 bits per heavy atom. The summed E-state index contributed by atoms with van der Waals surface area (Å²) in [5, 5.41) is 9.19. The van der Waals surface area contributed by atoms with Crippen molar-refractivity contribution in [2.45, 2.75) is 19.3 Å². The zero-order chi connectivity index (χ0) is 13.9. The number of nitrogens with zero attached hydrogens (tertiary/aromatic N) is 1. The number of pyridine rings is 1. The molecule has 3 rings (SSSR count). The van der Waals surface area contributed by atoms with Crippen molar-refractivity contribution in [1.29, 1.82) is 0 Å². The van der Waals surface area contributed by atoms with Gasteiger partial charge in [-0.2, -0.15) is 0 Å². The first kappa shape index (κ1) is 12.6. The minimum Gasteiger partial charge on any atom is -0.478 e. The highest BCUT2D eigenvalue weighted by atomic mass is 16.4. The Hall–Kier alpha value is -2.42. The molecule has 0 bridgehead atoms. The van der Waals surface area contributed by atoms with E-state index in [2.05, 4.69) is 17.1 Å². The summed E-state index contributed by atoms with van der Waals surface area (Å²) in [4.78, 5) is 15.5. The molecule has 1 aromatic heterocycles. The monoisotopic (exact) mass is 265 g/mol. The standard InChI is InChI=1S/C17H15NO2/c19-17(20)14-8-9-18-16-11-13(10-15(14)16)7-6-12-4-2-1-3-5-12/h1-5,8-9,11H,6-7,10H2,(H,19,20). The molecule has 3 heteroatoms. The second-order valence-electron chi connectivity index (χ2n) is 4.99. The SMILES string of the molecule is O=C(O)c1ccnc2c1CC(CCc1ccccc1)=C2. The molecule has 2 aromatic rings. The van der Waals surface area contributed by atoms with Crippen LogP contribution in [-0.4, -0.2) is 16.1 Å². The molecule has 1 N–H and O–H groups in total. The predicted octanol–water partition coefficient (Wildman–Crippen LogP) is 3.35. The Bertz CT molecular complexity index is 675. The van der Waals surface area contributed by atoms with Crippen molar-refractivity contribution in [3.8, 4) is 0 Å². The van der Waals surface area contributed by atoms with Crippen molar-refractivity contribution >= 4 is 12.0 Å². The highest BCUT2D eigenvalue weighted by Gasteiger charge is 2.20. The van der Waals surface area contributed by atoms with Gasteiger partial charge in [-0.15, -0.1) is 0 Å². The second-order valence-corrected chi connectivity index (χ2v) is 4.99. The number of rotatable bonds is 4. The number of aryl methyl sites for hydroxylation is 1. The van der Waals surface area contributed by atoms with Crippen molar-refractivity contribution in [3.05, 3.63) is 70.6 Å². The maximum absolute atomic E-state index is 11.2. The van der Waals surface area contributed by atoms with Crippen LogP contribution in [0.25, 0.3) is 6.08 Å². The first-order valence-corrected chi connectivity index (χ1v) is 6.68. The third-order valence-electron chi connectivity index (χ3n) is 3.64. The molecule has 0 radical (unpaired) electrons. The number of aromatic nitrogens is 1. The lowest BCUT2D eigenvalue weighted by Crippen LogP contribution is -2.03. The van der Waals surface area contributed by atoms with Gasteiger partial charge in [0, 0.05) is 6.20 Å². The highest BCUT2D eigenvalue weighted by molar-refractivity contribution is 5.91. The van der Waals surface area contributed by atoms with Gasteiger partial charge in [-0.1, -0.05) is 35.9 Å². The maximum atomic E-state index is 11.2. The third-order valence-corrected chi connectivity index (χ3v) is 3.64. The Balaban J connectivity index is 1.73. The molecular weight excluding hydrogens is 250 g/mol. The molecule has 1 aliphatic rings. The summed E-state index contributed by atoms with van der Waals surface area (Å²) in [5.41, 5.74) is 4.60. The number of carboxylic acid groups (broad SMARTS) is 1. The van der Waals surface area contributed by atoms with Crippen LogP contribution in [0.3, 0.4) is 0 Å². The van der Waals surface area contributed by atoms with Crippen LogP contribution in [0.2, 0.25) is 0 Å². The molecule has 20 heavy (non-hydrogen) atoms. The topological polar surface area (TPSA) is 50.2 Å². The van der Waals surface area contributed by atoms with Gasteiger partial charge in [0.2, 0.25) is 0 Å². The molecule has 0 saturated heterocycles. The third kappa shape index (κ3) is 2.48. The molecule has 1 aromatic carbocycles. The van der Waals surface area contributed by atoms with Crippen molar-refractivity contribution < 1.29 is 9.90 Å². The van der Waals surface area contributed by atoms with Gasteiger partial charge in [-0.05, 0) is 42.5 Å². The van der Waals surface area contributed by atoms with Crippen molar-refractivity contribution in [2.24, 2.45) is 0 Å². The van der Waals surface area contributed by atoms with Gasteiger partial charge in [0.15, 0.2) is 0 Å². The summed E-state index contributed by atoms with van der Waals surface area (Å²) in [6.07, 6.45) is 6.23. The summed E-state index contributed by atoms with van der Waals surface area (Å²) in [5.74, 6) is -0.874. The minimum atomic E-state index is -0.874. The number of allylic oxidation sites excluding steroid dienone is 1. The summed E-state index contributed by atoms with van der Waals surface area (Å²) < 4.78 is 0. The molecule has 0 atom stereocenters. The maximum Gasteiger partial charge on any atom is 0.336 e. The predicted molar refractivity (Wildman–Crippen MR) is 77.6 cm³/mol. The van der Waals surface area contributed by atoms with Crippen LogP contribution in [0.15, 0.2) is 48.2 Å². The Morgan fingerprint density at radius 1 is 1.15 bits per heavy atom. The lowest BCUT2D eigenvalue weighted by atomic mass is 10.0. The second kappa shape index (κ2) is 5.29. The quantitative estimate of drug-likeness (QED) is 0.922. The first-order chi connectivity index (χ1) is 9.74. The van der Waals surface area contributed by atoms with E-state index in [1.165, 1.54) is 11.1 Å². The van der Waals surface area contributed by atoms with Gasteiger partial charge in [0.25, 0.3) is 0 Å². The van der Waals surface area contributed by atoms with Crippen LogP contribution in [0.5, 0.6) is 0 Å². The van der Waals surface area contributed by atoms with Gasteiger partial charge < -0.3 is 5.11 Å². The van der Waals surface area contributed by atoms with E-state index in [-0.39, 0.29) is 0 Å².